The number of aliphatic hydroxyl groups is 3. The molecule has 42 heavy (non-hydrogen) atoms. The number of Topliss-reactive ketones (excluding diaryl/α,β-unsaturated/α-hetero) is 2. The second kappa shape index (κ2) is 10.5. The predicted molar refractivity (Wildman–Crippen MR) is 147 cm³/mol. The molecule has 1 aromatic rings. The molecule has 1 aromatic carbocycles. The second-order valence-corrected chi connectivity index (χ2v) is 11.1. The van der Waals surface area contributed by atoms with Crippen molar-refractivity contribution in [3.05, 3.63) is 45.2 Å². The number of phenolic OH excluding ortho intramolecular Hbond substituents is 1. The number of nitrogens with zero attached hydrogens (tertiary/aromatic N) is 2. The zero-order valence-corrected chi connectivity index (χ0v) is 23.1. The highest BCUT2D eigenvalue weighted by Gasteiger charge is 2.64. The van der Waals surface area contributed by atoms with Crippen LogP contribution in [0.1, 0.15) is 28.7 Å². The average Bonchev–Trinajstić information content (AvgIpc) is 2.94. The van der Waals surface area contributed by atoms with Crippen LogP contribution in [-0.4, -0.2) is 106 Å². The monoisotopic (exact) mass is 580 g/mol. The van der Waals surface area contributed by atoms with Crippen molar-refractivity contribution in [1.29, 1.82) is 0 Å². The fraction of sp³-hybridized carbons (Fsp3) is 0.448. The molecule has 3 aliphatic carbocycles. The molecule has 13 nitrogen and oxygen atoms in total. The Balaban J connectivity index is 1.62. The Kier molecular flexibility index (Phi) is 7.26. The number of amides is 3. The van der Waals surface area contributed by atoms with Crippen molar-refractivity contribution in [3.63, 3.8) is 0 Å². The lowest BCUT2D eigenvalue weighted by atomic mass is 9.57. The number of carbonyl (C=O) groups is 4. The third kappa shape index (κ3) is 4.22. The summed E-state index contributed by atoms with van der Waals surface area (Å²) in [5.74, 6) is -5.14. The van der Waals surface area contributed by atoms with Crippen LogP contribution in [0, 0.1) is 24.2 Å². The van der Waals surface area contributed by atoms with E-state index in [2.05, 4.69) is 11.2 Å². The Morgan fingerprint density at radius 3 is 2.50 bits per heavy atom. The first-order valence-corrected chi connectivity index (χ1v) is 13.4. The minimum atomic E-state index is -2.74. The molecule has 2 fully saturated rings. The maximum absolute atomic E-state index is 14.0. The molecule has 4 atom stereocenters. The van der Waals surface area contributed by atoms with Crippen LogP contribution < -0.4 is 11.1 Å². The molecule has 13 heteroatoms. The fourth-order valence-corrected chi connectivity index (χ4v) is 6.71. The summed E-state index contributed by atoms with van der Waals surface area (Å²) in [5, 5.41) is 48.0. The van der Waals surface area contributed by atoms with Crippen LogP contribution in [-0.2, 0) is 32.1 Å². The predicted octanol–water partition coefficient (Wildman–Crippen LogP) is -0.513. The molecular formula is C29H32N4O9. The number of nitrogens with one attached hydrogen (secondary N) is 1. The van der Waals surface area contributed by atoms with E-state index in [1.54, 1.807) is 4.90 Å². The van der Waals surface area contributed by atoms with Crippen molar-refractivity contribution >= 4 is 29.3 Å². The molecule has 1 aliphatic heterocycles. The Morgan fingerprint density at radius 1 is 1.24 bits per heavy atom. The summed E-state index contributed by atoms with van der Waals surface area (Å²) in [6.07, 6.45) is 5.64. The van der Waals surface area contributed by atoms with Gasteiger partial charge in [0.15, 0.2) is 11.4 Å². The highest BCUT2D eigenvalue weighted by atomic mass is 16.5. The number of nitrogens with two attached hydrogens (primary N) is 1. The number of hydrogen-bond donors (Lipinski definition) is 6. The number of ether oxygens (including phenoxy) is 1. The average molecular weight is 581 g/mol. The molecule has 1 heterocycles. The van der Waals surface area contributed by atoms with Crippen molar-refractivity contribution < 1.29 is 44.3 Å². The molecule has 0 aromatic heterocycles. The van der Waals surface area contributed by atoms with Crippen LogP contribution in [0.5, 0.6) is 5.75 Å². The van der Waals surface area contributed by atoms with E-state index in [0.29, 0.717) is 37.4 Å². The SMILES string of the molecule is C#Cc1cc(CNC(=O)N2CCOCC2)c2c(c1O)C(O)=C1C(=O)[C@]3(O)C(O)=C(C(N)=O)C(=O)[C@H](N(C)C)[C@@H]3C[C@@H]1C2. The van der Waals surface area contributed by atoms with Crippen LogP contribution in [0.4, 0.5) is 4.79 Å². The summed E-state index contributed by atoms with van der Waals surface area (Å²) in [7, 11) is 3.06. The standard InChI is InChI=1S/C29H32N4O9/c1-4-13-9-15(12-31-28(40)33-5-7-42-8-6-33)16-10-14-11-17-21(32(2)3)24(36)20(27(30)39)26(38)29(17,41)25(37)18(14)23(35)19(16)22(13)34/h1,9,14,17,21,34-35,38,41H,5-8,10-12H2,2-3H3,(H2,30,39)(H,31,40)/t14-,17-,21+,29-/m0/s1. The number of phenols is 1. The highest BCUT2D eigenvalue weighted by molar-refractivity contribution is 6.24. The third-order valence-corrected chi connectivity index (χ3v) is 8.70. The minimum absolute atomic E-state index is 0.00418. The van der Waals surface area contributed by atoms with Crippen molar-refractivity contribution in [3.8, 4) is 18.1 Å². The molecule has 5 rings (SSSR count). The van der Waals surface area contributed by atoms with Crippen LogP contribution in [0.25, 0.3) is 5.76 Å². The number of aromatic hydroxyl groups is 1. The molecule has 0 unspecified atom stereocenters. The van der Waals surface area contributed by atoms with Gasteiger partial charge in [-0.25, -0.2) is 4.79 Å². The van der Waals surface area contributed by atoms with Crippen molar-refractivity contribution in [1.82, 2.24) is 15.1 Å². The van der Waals surface area contributed by atoms with Crippen LogP contribution in [0.3, 0.4) is 0 Å². The van der Waals surface area contributed by atoms with Gasteiger partial charge in [-0.05, 0) is 50.0 Å². The van der Waals surface area contributed by atoms with Gasteiger partial charge in [0.25, 0.3) is 5.91 Å². The van der Waals surface area contributed by atoms with E-state index in [4.69, 9.17) is 16.9 Å². The van der Waals surface area contributed by atoms with E-state index in [1.165, 1.54) is 25.1 Å². The van der Waals surface area contributed by atoms with Crippen molar-refractivity contribution in [2.24, 2.45) is 17.6 Å². The lowest BCUT2D eigenvalue weighted by molar-refractivity contribution is -0.153. The first-order chi connectivity index (χ1) is 19.8. The first-order valence-electron chi connectivity index (χ1n) is 13.4. The topological polar surface area (TPSA) is 203 Å². The Bertz CT molecular complexity index is 1520. The molecule has 1 saturated heterocycles. The largest absolute Gasteiger partial charge is 0.508 e. The molecule has 4 aliphatic rings. The maximum Gasteiger partial charge on any atom is 0.317 e. The first kappa shape index (κ1) is 29.1. The van der Waals surface area contributed by atoms with E-state index >= 15 is 0 Å². The smallest absolute Gasteiger partial charge is 0.317 e. The molecule has 0 radical (unpaired) electrons. The summed E-state index contributed by atoms with van der Waals surface area (Å²) in [6.45, 7) is 1.66. The summed E-state index contributed by atoms with van der Waals surface area (Å²) < 4.78 is 5.28. The fourth-order valence-electron chi connectivity index (χ4n) is 6.71. The van der Waals surface area contributed by atoms with Gasteiger partial charge in [0.2, 0.25) is 5.78 Å². The van der Waals surface area contributed by atoms with E-state index in [1.807, 2.05) is 0 Å². The van der Waals surface area contributed by atoms with E-state index < -0.39 is 63.8 Å². The number of carbonyl (C=O) groups excluding carboxylic acids is 4. The number of ketones is 2. The Labute approximate surface area is 241 Å². The second-order valence-electron chi connectivity index (χ2n) is 11.1. The number of hydrogen-bond acceptors (Lipinski definition) is 10. The molecule has 7 N–H and O–H groups in total. The zero-order valence-electron chi connectivity index (χ0n) is 23.1. The summed E-state index contributed by atoms with van der Waals surface area (Å²) in [5.41, 5.74) is 2.26. The zero-order chi connectivity index (χ0) is 30.7. The summed E-state index contributed by atoms with van der Waals surface area (Å²) in [6, 6.07) is -0.00132. The molecular weight excluding hydrogens is 548 g/mol. The number of aliphatic hydroxyl groups excluding tert-OH is 2. The maximum atomic E-state index is 14.0. The molecule has 1 saturated carbocycles. The third-order valence-electron chi connectivity index (χ3n) is 8.70. The Hall–Kier alpha value is -4.38. The number of terminal acetylenes is 1. The lowest BCUT2D eigenvalue weighted by Crippen LogP contribution is -2.65. The number of primary amides is 1. The van der Waals surface area contributed by atoms with Crippen LogP contribution in [0.2, 0.25) is 0 Å². The molecule has 222 valence electrons. The molecule has 0 spiro atoms. The minimum Gasteiger partial charge on any atom is -0.508 e. The summed E-state index contributed by atoms with van der Waals surface area (Å²) in [4.78, 5) is 55.2. The Morgan fingerprint density at radius 2 is 1.90 bits per heavy atom. The van der Waals surface area contributed by atoms with Gasteiger partial charge >= 0.3 is 6.03 Å². The van der Waals surface area contributed by atoms with Crippen LogP contribution >= 0.6 is 0 Å². The van der Waals surface area contributed by atoms with Crippen molar-refractivity contribution in [2.75, 3.05) is 40.4 Å². The normalized spacial score (nSPS) is 27.3. The number of fused-ring (bicyclic) bond motifs is 3. The number of rotatable bonds is 4. The van der Waals surface area contributed by atoms with Gasteiger partial charge < -0.3 is 41.1 Å². The quantitative estimate of drug-likeness (QED) is 0.199. The van der Waals surface area contributed by atoms with Crippen molar-refractivity contribution in [2.45, 2.75) is 31.0 Å². The van der Waals surface area contributed by atoms with Gasteiger partial charge in [-0.2, -0.15) is 0 Å². The van der Waals surface area contributed by atoms with Crippen LogP contribution in [0.15, 0.2) is 23.0 Å². The number of likely N-dealkylation sites (N-methyl/N-ethyl adjacent to an activating group) is 1. The lowest BCUT2D eigenvalue weighted by Gasteiger charge is -2.50. The van der Waals surface area contributed by atoms with E-state index in [-0.39, 0.29) is 42.1 Å². The van der Waals surface area contributed by atoms with Gasteiger partial charge in [0, 0.05) is 31.1 Å². The number of benzene rings is 1. The van der Waals surface area contributed by atoms with Gasteiger partial charge in [-0.1, -0.05) is 5.92 Å². The molecule has 3 amide bonds. The summed E-state index contributed by atoms with van der Waals surface area (Å²) >= 11 is 0. The van der Waals surface area contributed by atoms with Gasteiger partial charge in [0.05, 0.1) is 30.4 Å². The molecule has 0 bridgehead atoms. The van der Waals surface area contributed by atoms with E-state index in [0.717, 1.165) is 0 Å². The van der Waals surface area contributed by atoms with Gasteiger partial charge in [0.1, 0.15) is 22.8 Å². The highest BCUT2D eigenvalue weighted by Crippen LogP contribution is 2.53. The van der Waals surface area contributed by atoms with Gasteiger partial charge in [-0.15, -0.1) is 6.42 Å². The number of morpholine rings is 1. The number of urea groups is 1. The van der Waals surface area contributed by atoms with E-state index in [9.17, 15) is 39.6 Å². The van der Waals surface area contributed by atoms with Gasteiger partial charge in [-0.3, -0.25) is 19.3 Å².